The molecule has 2 fully saturated rings. The zero-order chi connectivity index (χ0) is 33.6. The summed E-state index contributed by atoms with van der Waals surface area (Å²) in [4.78, 5) is 40.0. The molecule has 2 saturated carbocycles. The van der Waals surface area contributed by atoms with Crippen LogP contribution in [0.1, 0.15) is 64.2 Å². The Labute approximate surface area is 303 Å². The van der Waals surface area contributed by atoms with Crippen LogP contribution in [-0.2, 0) is 0 Å². The van der Waals surface area contributed by atoms with Gasteiger partial charge >= 0.3 is 0 Å². The molecule has 0 atom stereocenters. The van der Waals surface area contributed by atoms with Crippen LogP contribution in [-0.4, -0.2) is 80.1 Å². The topological polar surface area (TPSA) is 202 Å². The first-order chi connectivity index (χ1) is 23.3. The molecule has 0 bridgehead atoms. The molecule has 5 aliphatic rings. The number of guanidine groups is 2. The monoisotopic (exact) mass is 807 g/mol. The fourth-order valence-corrected chi connectivity index (χ4v) is 7.12. The molecule has 3 aliphatic heterocycles. The Kier molecular flexibility index (Phi) is 11.3. The molecule has 18 heteroatoms. The van der Waals surface area contributed by atoms with Crippen molar-refractivity contribution in [2.75, 3.05) is 58.1 Å². The second-order valence-corrected chi connectivity index (χ2v) is 13.9. The summed E-state index contributed by atoms with van der Waals surface area (Å²) in [5.74, 6) is 3.66. The predicted octanol–water partition coefficient (Wildman–Crippen LogP) is 4.51. The molecule has 0 aromatic carbocycles. The first kappa shape index (κ1) is 34.4. The van der Waals surface area contributed by atoms with Crippen LogP contribution in [0.4, 0.5) is 35.0 Å². The van der Waals surface area contributed by atoms with Crippen LogP contribution >= 0.6 is 45.8 Å². The van der Waals surface area contributed by atoms with E-state index in [0.717, 1.165) is 71.7 Å². The number of aromatic nitrogens is 6. The first-order valence-corrected chi connectivity index (χ1v) is 18.2. The van der Waals surface area contributed by atoms with Crippen LogP contribution in [0.2, 0.25) is 10.3 Å². The van der Waals surface area contributed by atoms with Crippen molar-refractivity contribution in [2.24, 2.45) is 9.98 Å². The minimum Gasteiger partial charge on any atom is -0.368 e. The van der Waals surface area contributed by atoms with Crippen molar-refractivity contribution in [3.8, 4) is 0 Å². The molecule has 256 valence electrons. The number of nitrogen functional groups attached to an aromatic ring is 3. The molecule has 0 saturated heterocycles. The van der Waals surface area contributed by atoms with E-state index in [1.54, 1.807) is 12.4 Å². The normalized spacial score (nSPS) is 19.0. The third-order valence-corrected chi connectivity index (χ3v) is 10.4. The summed E-state index contributed by atoms with van der Waals surface area (Å²) in [6.45, 7) is 3.62. The van der Waals surface area contributed by atoms with E-state index in [2.05, 4.69) is 54.9 Å². The van der Waals surface area contributed by atoms with Gasteiger partial charge in [0.2, 0.25) is 23.8 Å². The van der Waals surface area contributed by atoms with E-state index in [0.29, 0.717) is 28.3 Å². The van der Waals surface area contributed by atoms with Gasteiger partial charge in [0.1, 0.15) is 16.5 Å². The minimum atomic E-state index is 0.193. The van der Waals surface area contributed by atoms with Crippen molar-refractivity contribution < 1.29 is 0 Å². The molecule has 3 aromatic rings. The number of hydrogen-bond donors (Lipinski definition) is 4. The van der Waals surface area contributed by atoms with Gasteiger partial charge in [-0.1, -0.05) is 48.9 Å². The molecular formula is C30H40Cl2IN15. The van der Waals surface area contributed by atoms with Gasteiger partial charge in [0.15, 0.2) is 16.9 Å². The number of nitrogens with zero attached hydrogens (tertiary/aromatic N) is 11. The number of aliphatic imine (C=N–C) groups is 2. The van der Waals surface area contributed by atoms with Crippen molar-refractivity contribution in [2.45, 2.75) is 76.3 Å². The highest BCUT2D eigenvalue weighted by atomic mass is 127. The van der Waals surface area contributed by atoms with Gasteiger partial charge in [-0.25, -0.2) is 19.9 Å². The predicted molar refractivity (Wildman–Crippen MR) is 201 cm³/mol. The Morgan fingerprint density at radius 1 is 0.688 bits per heavy atom. The molecule has 15 nitrogen and oxygen atoms in total. The smallest absolute Gasteiger partial charge is 0.222 e. The van der Waals surface area contributed by atoms with Crippen molar-refractivity contribution >= 4 is 92.7 Å². The van der Waals surface area contributed by atoms with Crippen molar-refractivity contribution in [1.29, 1.82) is 0 Å². The lowest BCUT2D eigenvalue weighted by molar-refractivity contribution is 0.610. The number of nitrogens with two attached hydrogens (primary N) is 3. The average Bonchev–Trinajstić information content (AvgIpc) is 3.85. The molecule has 0 radical (unpaired) electrons. The van der Waals surface area contributed by atoms with Gasteiger partial charge in [-0.05, 0) is 61.1 Å². The second-order valence-electron chi connectivity index (χ2n) is 12.0. The fraction of sp³-hybridized carbons (Fsp3) is 0.533. The molecule has 3 aromatic heterocycles. The lowest BCUT2D eigenvalue weighted by Crippen LogP contribution is -2.48. The highest BCUT2D eigenvalue weighted by Crippen LogP contribution is 2.41. The molecule has 6 heterocycles. The maximum absolute atomic E-state index is 6.19. The number of halogens is 3. The number of nitrogens with one attached hydrogen (secondary N) is 1. The Morgan fingerprint density at radius 3 is 1.94 bits per heavy atom. The number of rotatable bonds is 3. The summed E-state index contributed by atoms with van der Waals surface area (Å²) in [5, 5.41) is 4.32. The van der Waals surface area contributed by atoms with Gasteiger partial charge in [0, 0.05) is 44.5 Å². The highest BCUT2D eigenvalue weighted by Gasteiger charge is 2.40. The summed E-state index contributed by atoms with van der Waals surface area (Å²) in [6.07, 6.45) is 17.2. The van der Waals surface area contributed by atoms with Gasteiger partial charge in [0.05, 0.1) is 16.0 Å². The molecule has 8 rings (SSSR count). The van der Waals surface area contributed by atoms with Gasteiger partial charge < -0.3 is 32.3 Å². The molecule has 2 aliphatic carbocycles. The summed E-state index contributed by atoms with van der Waals surface area (Å²) in [7, 11) is 0. The highest BCUT2D eigenvalue weighted by molar-refractivity contribution is 14.1. The van der Waals surface area contributed by atoms with Gasteiger partial charge in [-0.15, -0.1) is 0 Å². The van der Waals surface area contributed by atoms with Crippen molar-refractivity contribution in [3.63, 3.8) is 0 Å². The van der Waals surface area contributed by atoms with E-state index >= 15 is 0 Å². The second kappa shape index (κ2) is 15.8. The first-order valence-electron chi connectivity index (χ1n) is 16.3. The van der Waals surface area contributed by atoms with Crippen LogP contribution < -0.4 is 37.2 Å². The van der Waals surface area contributed by atoms with Gasteiger partial charge in [-0.2, -0.15) is 9.97 Å². The SMILES string of the molecule is Nc1ncc(I)c(Cl)n1.Nc1ncc(N2CCCN=C2NC2CCCC2)c(Cl)n1.Nc1ncc2c(n1)N(C1CCCC1)C1=NCCCN12. The lowest BCUT2D eigenvalue weighted by Gasteiger charge is -2.31. The zero-order valence-corrected chi connectivity index (χ0v) is 30.2. The van der Waals surface area contributed by atoms with E-state index in [1.807, 2.05) is 28.8 Å². The molecule has 0 amide bonds. The molecule has 7 N–H and O–H groups in total. The number of hydrogen-bond acceptors (Lipinski definition) is 15. The van der Waals surface area contributed by atoms with E-state index in [-0.39, 0.29) is 11.9 Å². The fourth-order valence-electron chi connectivity index (χ4n) is 6.49. The average molecular weight is 809 g/mol. The zero-order valence-electron chi connectivity index (χ0n) is 26.6. The Morgan fingerprint density at radius 2 is 1.27 bits per heavy atom. The third-order valence-electron chi connectivity index (χ3n) is 8.73. The standard InChI is InChI=1S/C13H19ClN6.C13H18N6.C4H3ClIN3/c14-11-10(8-17-12(15)19-11)20-7-3-6-16-13(20)18-9-4-1-2-5-9;14-12-16-8-10-11(17-12)19(9-4-1-2-5-9)13-15-6-3-7-18(10)13;5-3-2(6)1-8-4(7)9-3/h8-9H,1-7H2,(H,16,18)(H2,15,17,19);8-9H,1-7H2,(H2,14,16,17);1H,(H2,7,8,9). The maximum atomic E-state index is 6.19. The van der Waals surface area contributed by atoms with E-state index in [9.17, 15) is 0 Å². The van der Waals surface area contributed by atoms with E-state index in [4.69, 9.17) is 45.4 Å². The van der Waals surface area contributed by atoms with Crippen LogP contribution in [0.3, 0.4) is 0 Å². The van der Waals surface area contributed by atoms with Crippen LogP contribution in [0, 0.1) is 3.57 Å². The Balaban J connectivity index is 0.000000134. The van der Waals surface area contributed by atoms with Crippen LogP contribution in [0.5, 0.6) is 0 Å². The molecule has 0 spiro atoms. The summed E-state index contributed by atoms with van der Waals surface area (Å²) < 4.78 is 0.809. The van der Waals surface area contributed by atoms with Gasteiger partial charge in [-0.3, -0.25) is 14.9 Å². The number of fused-ring (bicyclic) bond motifs is 3. The third kappa shape index (κ3) is 8.02. The van der Waals surface area contributed by atoms with Crippen LogP contribution in [0.15, 0.2) is 28.6 Å². The molecule has 0 unspecified atom stereocenters. The summed E-state index contributed by atoms with van der Waals surface area (Å²) in [5.41, 5.74) is 18.4. The Bertz CT molecular complexity index is 1640. The van der Waals surface area contributed by atoms with Crippen LogP contribution in [0.25, 0.3) is 0 Å². The minimum absolute atomic E-state index is 0.193. The summed E-state index contributed by atoms with van der Waals surface area (Å²) >= 11 is 13.8. The largest absolute Gasteiger partial charge is 0.368 e. The molecule has 48 heavy (non-hydrogen) atoms. The quantitative estimate of drug-likeness (QED) is 0.213. The molecular weight excluding hydrogens is 768 g/mol. The van der Waals surface area contributed by atoms with Crippen molar-refractivity contribution in [1.82, 2.24) is 35.2 Å². The van der Waals surface area contributed by atoms with Crippen molar-refractivity contribution in [3.05, 3.63) is 32.5 Å². The van der Waals surface area contributed by atoms with Gasteiger partial charge in [0.25, 0.3) is 0 Å². The van der Waals surface area contributed by atoms with E-state index in [1.165, 1.54) is 51.4 Å². The Hall–Kier alpha value is -3.51. The lowest BCUT2D eigenvalue weighted by atomic mass is 10.2. The summed E-state index contributed by atoms with van der Waals surface area (Å²) in [6, 6.07) is 1.04. The maximum Gasteiger partial charge on any atom is 0.222 e. The number of anilines is 6. The van der Waals surface area contributed by atoms with E-state index < -0.39 is 0 Å².